The van der Waals surface area contributed by atoms with Gasteiger partial charge in [-0.2, -0.15) is 0 Å². The van der Waals surface area contributed by atoms with E-state index in [1.54, 1.807) is 12.1 Å². The van der Waals surface area contributed by atoms with E-state index in [2.05, 4.69) is 0 Å². The lowest BCUT2D eigenvalue weighted by molar-refractivity contribution is 0.519. The van der Waals surface area contributed by atoms with Gasteiger partial charge in [0.1, 0.15) is 5.69 Å². The van der Waals surface area contributed by atoms with Crippen LogP contribution >= 0.6 is 11.6 Å². The van der Waals surface area contributed by atoms with Crippen LogP contribution in [0.1, 0.15) is 17.0 Å². The summed E-state index contributed by atoms with van der Waals surface area (Å²) >= 11 is 6.12. The molecule has 0 aliphatic carbocycles. The zero-order chi connectivity index (χ0) is 21.3. The molecule has 7 heteroatoms. The van der Waals surface area contributed by atoms with Crippen LogP contribution in [0.4, 0.5) is 0 Å². The number of aryl methyl sites for hydroxylation is 1. The molecule has 1 heterocycles. The molecule has 0 unspecified atom stereocenters. The molecule has 30 heavy (non-hydrogen) atoms. The van der Waals surface area contributed by atoms with Gasteiger partial charge in [-0.25, -0.2) is 18.5 Å². The molecule has 0 radical (unpaired) electrons. The molecule has 0 bridgehead atoms. The van der Waals surface area contributed by atoms with Crippen molar-refractivity contribution in [1.82, 2.24) is 4.98 Å². The van der Waals surface area contributed by atoms with Gasteiger partial charge in [0.2, 0.25) is 10.0 Å². The fraction of sp³-hybridized carbons (Fsp3) is 0.0870. The van der Waals surface area contributed by atoms with Crippen LogP contribution in [-0.4, -0.2) is 13.4 Å². The topological polar surface area (TPSA) is 86.2 Å². The Balaban J connectivity index is 1.83. The Hall–Kier alpha value is -2.93. The van der Waals surface area contributed by atoms with Crippen LogP contribution in [0.25, 0.3) is 22.6 Å². The van der Waals surface area contributed by atoms with Crippen LogP contribution in [0.15, 0.2) is 82.1 Å². The van der Waals surface area contributed by atoms with Gasteiger partial charge >= 0.3 is 0 Å². The van der Waals surface area contributed by atoms with Crippen LogP contribution in [-0.2, 0) is 16.4 Å². The number of aromatic nitrogens is 1. The molecule has 0 saturated carbocycles. The van der Waals surface area contributed by atoms with Gasteiger partial charge in [0.15, 0.2) is 11.7 Å². The normalized spacial score (nSPS) is 11.6. The van der Waals surface area contributed by atoms with Crippen molar-refractivity contribution in [1.29, 1.82) is 0 Å². The molecule has 4 rings (SSSR count). The van der Waals surface area contributed by atoms with Gasteiger partial charge < -0.3 is 4.42 Å². The minimum absolute atomic E-state index is 0.0412. The summed E-state index contributed by atoms with van der Waals surface area (Å²) in [5.74, 6) is 1.13. The molecule has 0 saturated heterocycles. The van der Waals surface area contributed by atoms with Crippen molar-refractivity contribution in [3.63, 3.8) is 0 Å². The number of benzene rings is 3. The second-order valence-electron chi connectivity index (χ2n) is 6.98. The van der Waals surface area contributed by atoms with Crippen LogP contribution in [0.2, 0.25) is 5.02 Å². The van der Waals surface area contributed by atoms with E-state index in [0.717, 1.165) is 16.7 Å². The highest BCUT2D eigenvalue weighted by atomic mass is 35.5. The molecule has 0 spiro atoms. The van der Waals surface area contributed by atoms with Gasteiger partial charge in [-0.3, -0.25) is 0 Å². The summed E-state index contributed by atoms with van der Waals surface area (Å²) in [4.78, 5) is 4.80. The molecule has 5 nitrogen and oxygen atoms in total. The first-order chi connectivity index (χ1) is 14.3. The smallest absolute Gasteiger partial charge is 0.238 e. The number of oxazole rings is 1. The maximum Gasteiger partial charge on any atom is 0.238 e. The van der Waals surface area contributed by atoms with Crippen LogP contribution in [0, 0.1) is 6.92 Å². The molecule has 4 aromatic rings. The molecular weight excluding hydrogens is 420 g/mol. The zero-order valence-electron chi connectivity index (χ0n) is 16.2. The van der Waals surface area contributed by atoms with E-state index in [9.17, 15) is 8.42 Å². The van der Waals surface area contributed by atoms with Gasteiger partial charge in [-0.15, -0.1) is 0 Å². The third-order valence-electron chi connectivity index (χ3n) is 4.76. The van der Waals surface area contributed by atoms with Crippen molar-refractivity contribution in [3.8, 4) is 22.6 Å². The fourth-order valence-electron chi connectivity index (χ4n) is 3.28. The Morgan fingerprint density at radius 1 is 1.00 bits per heavy atom. The highest BCUT2D eigenvalue weighted by Crippen LogP contribution is 2.36. The highest BCUT2D eigenvalue weighted by molar-refractivity contribution is 7.89. The van der Waals surface area contributed by atoms with E-state index in [4.69, 9.17) is 26.1 Å². The highest BCUT2D eigenvalue weighted by Gasteiger charge is 2.19. The predicted octanol–water partition coefficient (Wildman–Crippen LogP) is 5.21. The SMILES string of the molecule is Cc1cc(Cl)ccc1-c1nc(Cc2ccccc2)oc1-c1ccc(S(N)(=O)=O)cc1. The van der Waals surface area contributed by atoms with Gasteiger partial charge in [0.05, 0.1) is 4.90 Å². The first-order valence-electron chi connectivity index (χ1n) is 9.24. The molecular formula is C23H19ClN2O3S. The van der Waals surface area contributed by atoms with Gasteiger partial charge in [0.25, 0.3) is 0 Å². The molecule has 152 valence electrons. The van der Waals surface area contributed by atoms with E-state index in [1.807, 2.05) is 55.5 Å². The second kappa shape index (κ2) is 8.07. The van der Waals surface area contributed by atoms with Crippen molar-refractivity contribution in [2.45, 2.75) is 18.2 Å². The summed E-state index contributed by atoms with van der Waals surface area (Å²) in [6.07, 6.45) is 0.537. The number of hydrogen-bond acceptors (Lipinski definition) is 4. The summed E-state index contributed by atoms with van der Waals surface area (Å²) in [5.41, 5.74) is 4.32. The molecule has 0 fully saturated rings. The molecule has 0 aliphatic rings. The molecule has 0 aliphatic heterocycles. The van der Waals surface area contributed by atoms with Crippen molar-refractivity contribution >= 4 is 21.6 Å². The Bertz CT molecular complexity index is 1300. The number of nitrogens with zero attached hydrogens (tertiary/aromatic N) is 1. The van der Waals surface area contributed by atoms with Crippen LogP contribution < -0.4 is 5.14 Å². The van der Waals surface area contributed by atoms with Gasteiger partial charge in [-0.05, 0) is 54.4 Å². The lowest BCUT2D eigenvalue weighted by atomic mass is 10.0. The summed E-state index contributed by atoms with van der Waals surface area (Å²) in [5, 5.41) is 5.86. The first kappa shape index (κ1) is 20.3. The number of halogens is 1. The fourth-order valence-corrected chi connectivity index (χ4v) is 4.02. The molecule has 0 amide bonds. The van der Waals surface area contributed by atoms with E-state index < -0.39 is 10.0 Å². The standard InChI is InChI=1S/C23H19ClN2O3S/c1-15-13-18(24)9-12-20(15)22-23(17-7-10-19(11-8-17)30(25,27)28)29-21(26-22)14-16-5-3-2-4-6-16/h2-13H,14H2,1H3,(H2,25,27,28). The third-order valence-corrected chi connectivity index (χ3v) is 5.92. The van der Waals surface area contributed by atoms with Gasteiger partial charge in [0, 0.05) is 22.6 Å². The van der Waals surface area contributed by atoms with E-state index in [1.165, 1.54) is 12.1 Å². The molecule has 2 N–H and O–H groups in total. The number of primary sulfonamides is 1. The summed E-state index contributed by atoms with van der Waals surface area (Å²) in [7, 11) is -3.77. The maximum absolute atomic E-state index is 11.6. The molecule has 1 aromatic heterocycles. The quantitative estimate of drug-likeness (QED) is 0.463. The van der Waals surface area contributed by atoms with E-state index in [0.29, 0.717) is 34.4 Å². The van der Waals surface area contributed by atoms with Crippen LogP contribution in [0.3, 0.4) is 0 Å². The summed E-state index contributed by atoms with van der Waals surface area (Å²) in [6.45, 7) is 1.96. The Morgan fingerprint density at radius 2 is 1.70 bits per heavy atom. The third kappa shape index (κ3) is 4.31. The van der Waals surface area contributed by atoms with Crippen molar-refractivity contribution < 1.29 is 12.8 Å². The summed E-state index contributed by atoms with van der Waals surface area (Å²) < 4.78 is 29.3. The van der Waals surface area contributed by atoms with E-state index >= 15 is 0 Å². The Kier molecular flexibility index (Phi) is 5.47. The number of rotatable bonds is 5. The minimum atomic E-state index is -3.77. The predicted molar refractivity (Wildman–Crippen MR) is 118 cm³/mol. The Morgan fingerprint density at radius 3 is 2.33 bits per heavy atom. The van der Waals surface area contributed by atoms with Crippen molar-refractivity contribution in [3.05, 3.63) is 94.8 Å². The lowest BCUT2D eigenvalue weighted by Crippen LogP contribution is -2.11. The van der Waals surface area contributed by atoms with Crippen molar-refractivity contribution in [2.24, 2.45) is 5.14 Å². The number of hydrogen-bond donors (Lipinski definition) is 1. The number of sulfonamides is 1. The molecule has 3 aromatic carbocycles. The van der Waals surface area contributed by atoms with Crippen molar-refractivity contribution in [2.75, 3.05) is 0 Å². The lowest BCUT2D eigenvalue weighted by Gasteiger charge is -2.06. The number of nitrogens with two attached hydrogens (primary N) is 1. The summed E-state index contributed by atoms with van der Waals surface area (Å²) in [6, 6.07) is 21.8. The Labute approximate surface area is 180 Å². The van der Waals surface area contributed by atoms with Gasteiger partial charge in [-0.1, -0.05) is 48.0 Å². The largest absolute Gasteiger partial charge is 0.440 e. The zero-order valence-corrected chi connectivity index (χ0v) is 17.7. The average Bonchev–Trinajstić information content (AvgIpc) is 3.11. The maximum atomic E-state index is 11.6. The minimum Gasteiger partial charge on any atom is -0.440 e. The molecule has 0 atom stereocenters. The van der Waals surface area contributed by atoms with E-state index in [-0.39, 0.29) is 4.90 Å². The average molecular weight is 439 g/mol. The first-order valence-corrected chi connectivity index (χ1v) is 11.2. The van der Waals surface area contributed by atoms with Crippen LogP contribution in [0.5, 0.6) is 0 Å². The monoisotopic (exact) mass is 438 g/mol. The second-order valence-corrected chi connectivity index (χ2v) is 8.97.